The lowest BCUT2D eigenvalue weighted by Gasteiger charge is -2.50. The summed E-state index contributed by atoms with van der Waals surface area (Å²) in [6.07, 6.45) is 4.29. The van der Waals surface area contributed by atoms with Crippen LogP contribution in [-0.4, -0.2) is 33.7 Å². The molecule has 4 aromatic rings. The second-order valence-electron chi connectivity index (χ2n) is 13.5. The van der Waals surface area contributed by atoms with Crippen molar-refractivity contribution in [3.05, 3.63) is 144 Å². The molecule has 1 saturated carbocycles. The summed E-state index contributed by atoms with van der Waals surface area (Å²) in [4.78, 5) is 59.5. The monoisotopic (exact) mass is 649 g/mol. The Kier molecular flexibility index (Phi) is 7.14. The summed E-state index contributed by atoms with van der Waals surface area (Å²) in [5, 5.41) is 11.4. The number of hydrogen-bond acceptors (Lipinski definition) is 6. The Morgan fingerprint density at radius 3 is 2.18 bits per heavy atom. The number of amides is 4. The number of benzene rings is 4. The maximum Gasteiger partial charge on any atom is 0.260 e. The van der Waals surface area contributed by atoms with Crippen LogP contribution >= 0.6 is 0 Å². The molecule has 244 valence electrons. The molecule has 0 radical (unpaired) electrons. The normalized spacial score (nSPS) is 27.4. The number of allylic oxidation sites excluding steroid dienone is 2. The third-order valence-electron chi connectivity index (χ3n) is 11.0. The first kappa shape index (κ1) is 30.6. The standard InChI is InChI=1S/C41H35N3O5/c1-3-25-11-17-29(18-12-25)43-37(46)32-22-21-31-33(35(32)39(43)48)23-34-38(47)44(42-28-15-9-24(2)10-16-28)40(49)41(34,27-7-5-4-6-8-27)36(31)26-13-19-30(45)20-14-26/h3-21,32-36,42,45H,1,22-23H2,2H3. The fourth-order valence-electron chi connectivity index (χ4n) is 8.80. The van der Waals surface area contributed by atoms with Gasteiger partial charge in [0.2, 0.25) is 11.8 Å². The number of phenols is 1. The van der Waals surface area contributed by atoms with Gasteiger partial charge in [0.1, 0.15) is 5.75 Å². The molecule has 0 aromatic heterocycles. The van der Waals surface area contributed by atoms with Crippen LogP contribution < -0.4 is 10.3 Å². The number of phenolic OH excluding ortho intramolecular Hbond substituents is 1. The summed E-state index contributed by atoms with van der Waals surface area (Å²) >= 11 is 0. The van der Waals surface area contributed by atoms with Gasteiger partial charge in [0, 0.05) is 5.92 Å². The fraction of sp³-hybridized carbons (Fsp3) is 0.220. The molecule has 49 heavy (non-hydrogen) atoms. The van der Waals surface area contributed by atoms with Gasteiger partial charge >= 0.3 is 0 Å². The van der Waals surface area contributed by atoms with Crippen molar-refractivity contribution in [2.75, 3.05) is 10.3 Å². The minimum absolute atomic E-state index is 0.0743. The second-order valence-corrected chi connectivity index (χ2v) is 13.5. The van der Waals surface area contributed by atoms with Crippen molar-refractivity contribution in [2.45, 2.75) is 31.1 Å². The molecule has 3 fully saturated rings. The summed E-state index contributed by atoms with van der Waals surface area (Å²) in [6.45, 7) is 5.76. The minimum atomic E-state index is -1.35. The lowest BCUT2D eigenvalue weighted by atomic mass is 9.49. The van der Waals surface area contributed by atoms with Gasteiger partial charge in [-0.25, -0.2) is 0 Å². The van der Waals surface area contributed by atoms with Gasteiger partial charge in [0.15, 0.2) is 0 Å². The van der Waals surface area contributed by atoms with Crippen molar-refractivity contribution in [1.82, 2.24) is 5.01 Å². The largest absolute Gasteiger partial charge is 0.508 e. The van der Waals surface area contributed by atoms with E-state index in [1.54, 1.807) is 42.5 Å². The van der Waals surface area contributed by atoms with Gasteiger partial charge in [0.05, 0.1) is 34.5 Å². The van der Waals surface area contributed by atoms with E-state index in [-0.39, 0.29) is 35.8 Å². The summed E-state index contributed by atoms with van der Waals surface area (Å²) in [5.74, 6) is -4.47. The highest BCUT2D eigenvalue weighted by atomic mass is 16.3. The van der Waals surface area contributed by atoms with E-state index >= 15 is 4.79 Å². The van der Waals surface area contributed by atoms with Crippen LogP contribution in [0.15, 0.2) is 121 Å². The molecular formula is C41H35N3O5. The number of imide groups is 2. The second kappa shape index (κ2) is 11.4. The maximum atomic E-state index is 15.1. The Hall–Kier alpha value is -5.76. The SMILES string of the molecule is C=Cc1ccc(N2C(=O)C3CC=C4C(CC5C(=O)N(Nc6ccc(C)cc6)C(=O)C5(c5ccccc5)C4c4ccc(O)cc4)C3C2=O)cc1. The highest BCUT2D eigenvalue weighted by Gasteiger charge is 2.70. The molecule has 0 spiro atoms. The van der Waals surface area contributed by atoms with Crippen molar-refractivity contribution in [3.63, 3.8) is 0 Å². The van der Waals surface area contributed by atoms with Gasteiger partial charge in [0.25, 0.3) is 11.8 Å². The average Bonchev–Trinajstić information content (AvgIpc) is 3.51. The molecule has 2 aliphatic carbocycles. The number of fused-ring (bicyclic) bond motifs is 4. The van der Waals surface area contributed by atoms with E-state index in [1.807, 2.05) is 79.7 Å². The number of aryl methyl sites for hydroxylation is 1. The zero-order valence-electron chi connectivity index (χ0n) is 27.0. The Morgan fingerprint density at radius 2 is 1.51 bits per heavy atom. The van der Waals surface area contributed by atoms with Crippen LogP contribution in [0, 0.1) is 30.6 Å². The lowest BCUT2D eigenvalue weighted by Crippen LogP contribution is -2.53. The molecule has 4 aromatic carbocycles. The first-order chi connectivity index (χ1) is 23.7. The molecular weight excluding hydrogens is 614 g/mol. The molecule has 6 atom stereocenters. The molecule has 2 aliphatic heterocycles. The van der Waals surface area contributed by atoms with Gasteiger partial charge in [-0.3, -0.25) is 29.5 Å². The van der Waals surface area contributed by atoms with E-state index in [2.05, 4.69) is 12.0 Å². The summed E-state index contributed by atoms with van der Waals surface area (Å²) in [6, 6.07) is 30.8. The molecule has 8 nitrogen and oxygen atoms in total. The molecule has 0 bridgehead atoms. The number of carbonyl (C=O) groups excluding carboxylic acids is 4. The first-order valence-electron chi connectivity index (χ1n) is 16.6. The molecule has 8 heteroatoms. The topological polar surface area (TPSA) is 107 Å². The van der Waals surface area contributed by atoms with E-state index in [4.69, 9.17) is 0 Å². The van der Waals surface area contributed by atoms with Crippen molar-refractivity contribution < 1.29 is 24.3 Å². The fourth-order valence-corrected chi connectivity index (χ4v) is 8.80. The van der Waals surface area contributed by atoms with Crippen LogP contribution in [0.2, 0.25) is 0 Å². The predicted octanol–water partition coefficient (Wildman–Crippen LogP) is 6.53. The van der Waals surface area contributed by atoms with E-state index in [0.29, 0.717) is 23.4 Å². The van der Waals surface area contributed by atoms with Crippen LogP contribution in [-0.2, 0) is 24.6 Å². The zero-order chi connectivity index (χ0) is 34.0. The molecule has 2 heterocycles. The van der Waals surface area contributed by atoms with Gasteiger partial charge in [-0.2, -0.15) is 5.01 Å². The quantitative estimate of drug-likeness (QED) is 0.182. The number of nitrogens with zero attached hydrogens (tertiary/aromatic N) is 2. The predicted molar refractivity (Wildman–Crippen MR) is 186 cm³/mol. The Labute approximate surface area is 284 Å². The number of aromatic hydroxyl groups is 1. The highest BCUT2D eigenvalue weighted by Crippen LogP contribution is 2.64. The Balaban J connectivity index is 1.29. The van der Waals surface area contributed by atoms with Gasteiger partial charge in [-0.05, 0) is 78.8 Å². The van der Waals surface area contributed by atoms with Gasteiger partial charge in [-0.15, -0.1) is 0 Å². The number of hydrazine groups is 1. The number of rotatable bonds is 6. The number of nitrogens with one attached hydrogen (secondary N) is 1. The van der Waals surface area contributed by atoms with E-state index in [9.17, 15) is 19.5 Å². The molecule has 2 N–H and O–H groups in total. The van der Waals surface area contributed by atoms with Gasteiger partial charge in [-0.1, -0.05) is 96.6 Å². The summed E-state index contributed by atoms with van der Waals surface area (Å²) in [7, 11) is 0. The number of hydrogen-bond donors (Lipinski definition) is 2. The zero-order valence-corrected chi connectivity index (χ0v) is 27.0. The van der Waals surface area contributed by atoms with Crippen molar-refractivity contribution in [3.8, 4) is 5.75 Å². The van der Waals surface area contributed by atoms with Gasteiger partial charge < -0.3 is 5.11 Å². The smallest absolute Gasteiger partial charge is 0.260 e. The molecule has 2 saturated heterocycles. The van der Waals surface area contributed by atoms with Crippen LogP contribution in [0.25, 0.3) is 6.08 Å². The van der Waals surface area contributed by atoms with Crippen molar-refractivity contribution in [2.24, 2.45) is 23.7 Å². The van der Waals surface area contributed by atoms with Crippen LogP contribution in [0.4, 0.5) is 11.4 Å². The lowest BCUT2D eigenvalue weighted by molar-refractivity contribution is -0.138. The summed E-state index contributed by atoms with van der Waals surface area (Å²) < 4.78 is 0. The molecule has 6 unspecified atom stereocenters. The minimum Gasteiger partial charge on any atom is -0.508 e. The van der Waals surface area contributed by atoms with Crippen LogP contribution in [0.1, 0.15) is 41.0 Å². The van der Waals surface area contributed by atoms with Crippen LogP contribution in [0.5, 0.6) is 5.75 Å². The Bertz CT molecular complexity index is 2040. The average molecular weight is 650 g/mol. The number of anilines is 2. The third-order valence-corrected chi connectivity index (χ3v) is 11.0. The third kappa shape index (κ3) is 4.50. The van der Waals surface area contributed by atoms with Crippen molar-refractivity contribution in [1.29, 1.82) is 0 Å². The maximum absolute atomic E-state index is 15.1. The van der Waals surface area contributed by atoms with E-state index in [1.165, 1.54) is 4.90 Å². The molecule has 4 aliphatic rings. The molecule has 4 amide bonds. The van der Waals surface area contributed by atoms with E-state index < -0.39 is 35.0 Å². The Morgan fingerprint density at radius 1 is 0.816 bits per heavy atom. The summed E-state index contributed by atoms with van der Waals surface area (Å²) in [5.41, 5.74) is 7.09. The van der Waals surface area contributed by atoms with E-state index in [0.717, 1.165) is 27.3 Å². The molecule has 8 rings (SSSR count). The number of carbonyl (C=O) groups is 4. The van der Waals surface area contributed by atoms with Crippen molar-refractivity contribution >= 4 is 41.1 Å². The first-order valence-corrected chi connectivity index (χ1v) is 16.6. The van der Waals surface area contributed by atoms with Crippen LogP contribution in [0.3, 0.4) is 0 Å². The highest BCUT2D eigenvalue weighted by molar-refractivity contribution is 6.22.